The molecule has 1 amide bonds. The third-order valence-corrected chi connectivity index (χ3v) is 7.64. The summed E-state index contributed by atoms with van der Waals surface area (Å²) in [4.78, 5) is 44.4. The number of hydrogen-bond donors (Lipinski definition) is 0. The first-order valence-corrected chi connectivity index (χ1v) is 13.5. The van der Waals surface area contributed by atoms with Gasteiger partial charge in [-0.2, -0.15) is 0 Å². The van der Waals surface area contributed by atoms with E-state index in [1.165, 1.54) is 28.0 Å². The second-order valence-electron chi connectivity index (χ2n) is 8.88. The number of nitrogens with zero attached hydrogens (tertiary/aromatic N) is 3. The molecule has 0 unspecified atom stereocenters. The van der Waals surface area contributed by atoms with E-state index in [1.807, 2.05) is 16.3 Å². The highest BCUT2D eigenvalue weighted by molar-refractivity contribution is 7.12. The lowest BCUT2D eigenvalue weighted by Gasteiger charge is -2.37. The molecule has 0 N–H and O–H groups in total. The molecule has 4 aromatic rings. The zero-order valence-corrected chi connectivity index (χ0v) is 22.2. The summed E-state index contributed by atoms with van der Waals surface area (Å²) in [6, 6.07) is 14.7. The Morgan fingerprint density at radius 2 is 1.79 bits per heavy atom. The fourth-order valence-electron chi connectivity index (χ4n) is 4.75. The van der Waals surface area contributed by atoms with Gasteiger partial charge in [-0.15, -0.1) is 11.3 Å². The number of anilines is 1. The monoisotopic (exact) mass is 553 g/mol. The zero-order valence-electron chi connectivity index (χ0n) is 20.7. The lowest BCUT2D eigenvalue weighted by atomic mass is 10.0. The third kappa shape index (κ3) is 5.04. The summed E-state index contributed by atoms with van der Waals surface area (Å²) in [7, 11) is 0. The van der Waals surface area contributed by atoms with Crippen LogP contribution in [0, 0.1) is 5.82 Å². The van der Waals surface area contributed by atoms with Crippen LogP contribution in [0.4, 0.5) is 10.1 Å². The van der Waals surface area contributed by atoms with Crippen molar-refractivity contribution in [3.63, 3.8) is 0 Å². The molecule has 7 nitrogen and oxygen atoms in total. The van der Waals surface area contributed by atoms with Gasteiger partial charge in [-0.3, -0.25) is 9.59 Å². The summed E-state index contributed by atoms with van der Waals surface area (Å²) in [5, 5.41) is 2.94. The Balaban J connectivity index is 1.60. The van der Waals surface area contributed by atoms with Crippen LogP contribution in [0.15, 0.2) is 64.8 Å². The van der Waals surface area contributed by atoms with E-state index >= 15 is 0 Å². The van der Waals surface area contributed by atoms with E-state index in [2.05, 4.69) is 0 Å². The molecule has 2 aromatic heterocycles. The minimum absolute atomic E-state index is 0.0344. The minimum Gasteiger partial charge on any atom is -0.462 e. The van der Waals surface area contributed by atoms with Gasteiger partial charge in [0.2, 0.25) is 0 Å². The van der Waals surface area contributed by atoms with Crippen LogP contribution in [0.25, 0.3) is 10.9 Å². The van der Waals surface area contributed by atoms with Crippen LogP contribution in [0.3, 0.4) is 0 Å². The first-order valence-electron chi connectivity index (χ1n) is 12.2. The molecule has 2 aromatic carbocycles. The van der Waals surface area contributed by atoms with Gasteiger partial charge in [-0.05, 0) is 54.3 Å². The van der Waals surface area contributed by atoms with E-state index in [1.54, 1.807) is 48.2 Å². The van der Waals surface area contributed by atoms with Gasteiger partial charge in [-0.1, -0.05) is 29.8 Å². The van der Waals surface area contributed by atoms with Gasteiger partial charge < -0.3 is 19.1 Å². The van der Waals surface area contributed by atoms with Crippen molar-refractivity contribution in [3.05, 3.63) is 97.2 Å². The standard InChI is InChI=1S/C28H25ClFN3O4S/c1-2-37-28(36)24-25(31-11-13-32(14-12-31)26(34)23-4-3-15-38-23)21-16-19(29)7-10-22(21)33(27(24)35)17-18-5-8-20(30)9-6-18/h3-10,15-16H,2,11-14,17H2,1H3. The van der Waals surface area contributed by atoms with Gasteiger partial charge in [0, 0.05) is 36.6 Å². The quantitative estimate of drug-likeness (QED) is 0.313. The van der Waals surface area contributed by atoms with Crippen LogP contribution < -0.4 is 10.5 Å². The highest BCUT2D eigenvalue weighted by atomic mass is 35.5. The first-order chi connectivity index (χ1) is 18.4. The summed E-state index contributed by atoms with van der Waals surface area (Å²) in [5.41, 5.74) is 1.15. The number of carbonyl (C=O) groups is 2. The third-order valence-electron chi connectivity index (χ3n) is 6.55. The molecule has 0 spiro atoms. The van der Waals surface area contributed by atoms with Crippen LogP contribution in [0.1, 0.15) is 32.5 Å². The fraction of sp³-hybridized carbons (Fsp3) is 0.250. The number of rotatable bonds is 6. The van der Waals surface area contributed by atoms with Gasteiger partial charge in [0.25, 0.3) is 11.5 Å². The molecular formula is C28H25ClFN3O4S. The van der Waals surface area contributed by atoms with Crippen LogP contribution in [0.5, 0.6) is 0 Å². The van der Waals surface area contributed by atoms with E-state index < -0.39 is 11.5 Å². The van der Waals surface area contributed by atoms with Crippen molar-refractivity contribution in [1.82, 2.24) is 9.47 Å². The topological polar surface area (TPSA) is 71.8 Å². The molecule has 0 atom stereocenters. The van der Waals surface area contributed by atoms with Crippen molar-refractivity contribution in [2.24, 2.45) is 0 Å². The Hall–Kier alpha value is -3.69. The van der Waals surface area contributed by atoms with Crippen LogP contribution in [-0.2, 0) is 11.3 Å². The Bertz CT molecular complexity index is 1550. The smallest absolute Gasteiger partial charge is 0.345 e. The maximum Gasteiger partial charge on any atom is 0.345 e. The van der Waals surface area contributed by atoms with Gasteiger partial charge >= 0.3 is 5.97 Å². The number of hydrogen-bond acceptors (Lipinski definition) is 6. The Labute approximate surface area is 227 Å². The molecule has 0 radical (unpaired) electrons. The molecule has 1 aliphatic heterocycles. The Kier molecular flexibility index (Phi) is 7.49. The van der Waals surface area contributed by atoms with E-state index in [9.17, 15) is 18.8 Å². The molecule has 1 fully saturated rings. The molecule has 0 saturated carbocycles. The number of fused-ring (bicyclic) bond motifs is 1. The Morgan fingerprint density at radius 1 is 1.05 bits per heavy atom. The number of halogens is 2. The van der Waals surface area contributed by atoms with Gasteiger partial charge in [-0.25, -0.2) is 9.18 Å². The molecule has 38 heavy (non-hydrogen) atoms. The maximum absolute atomic E-state index is 13.9. The van der Waals surface area contributed by atoms with Crippen molar-refractivity contribution in [1.29, 1.82) is 0 Å². The molecule has 196 valence electrons. The predicted molar refractivity (Wildman–Crippen MR) is 147 cm³/mol. The van der Waals surface area contributed by atoms with E-state index in [4.69, 9.17) is 16.3 Å². The molecule has 1 saturated heterocycles. The lowest BCUT2D eigenvalue weighted by molar-refractivity contribution is 0.0523. The van der Waals surface area contributed by atoms with Gasteiger partial charge in [0.1, 0.15) is 11.4 Å². The summed E-state index contributed by atoms with van der Waals surface area (Å²) >= 11 is 7.80. The van der Waals surface area contributed by atoms with Gasteiger partial charge in [0.05, 0.1) is 29.2 Å². The summed E-state index contributed by atoms with van der Waals surface area (Å²) in [6.45, 7) is 3.62. The number of carbonyl (C=O) groups excluding carboxylic acids is 2. The van der Waals surface area contributed by atoms with Crippen molar-refractivity contribution in [2.75, 3.05) is 37.7 Å². The fourth-order valence-corrected chi connectivity index (χ4v) is 5.61. The second-order valence-corrected chi connectivity index (χ2v) is 10.3. The Morgan fingerprint density at radius 3 is 2.45 bits per heavy atom. The number of pyridine rings is 1. The molecular weight excluding hydrogens is 529 g/mol. The number of piperazine rings is 1. The SMILES string of the molecule is CCOC(=O)c1c(N2CCN(C(=O)c3cccs3)CC2)c2cc(Cl)ccc2n(Cc2ccc(F)cc2)c1=O. The molecule has 0 bridgehead atoms. The van der Waals surface area contributed by atoms with Crippen LogP contribution in [0.2, 0.25) is 5.02 Å². The number of amides is 1. The highest BCUT2D eigenvalue weighted by Crippen LogP contribution is 2.33. The van der Waals surface area contributed by atoms with Crippen molar-refractivity contribution in [2.45, 2.75) is 13.5 Å². The summed E-state index contributed by atoms with van der Waals surface area (Å²) in [5.74, 6) is -1.13. The van der Waals surface area contributed by atoms with Gasteiger partial charge in [0.15, 0.2) is 0 Å². The van der Waals surface area contributed by atoms with E-state index in [0.717, 1.165) is 0 Å². The molecule has 3 heterocycles. The average Bonchev–Trinajstić information content (AvgIpc) is 3.46. The number of esters is 1. The maximum atomic E-state index is 13.9. The van der Waals surface area contributed by atoms with Crippen LogP contribution in [-0.4, -0.2) is 54.1 Å². The molecule has 5 rings (SSSR count). The summed E-state index contributed by atoms with van der Waals surface area (Å²) < 4.78 is 20.3. The zero-order chi connectivity index (χ0) is 26.8. The first kappa shape index (κ1) is 25.9. The lowest BCUT2D eigenvalue weighted by Crippen LogP contribution is -2.49. The van der Waals surface area contributed by atoms with E-state index in [-0.39, 0.29) is 30.4 Å². The largest absolute Gasteiger partial charge is 0.462 e. The van der Waals surface area contributed by atoms with E-state index in [0.29, 0.717) is 58.2 Å². The average molecular weight is 554 g/mol. The molecule has 0 aliphatic carbocycles. The normalized spacial score (nSPS) is 13.7. The number of thiophene rings is 1. The highest BCUT2D eigenvalue weighted by Gasteiger charge is 2.30. The molecule has 10 heteroatoms. The summed E-state index contributed by atoms with van der Waals surface area (Å²) in [6.07, 6.45) is 0. The van der Waals surface area contributed by atoms with Crippen molar-refractivity contribution >= 4 is 51.4 Å². The number of ether oxygens (including phenoxy) is 1. The van der Waals surface area contributed by atoms with Crippen LogP contribution >= 0.6 is 22.9 Å². The molecule has 1 aliphatic rings. The predicted octanol–water partition coefficient (Wildman–Crippen LogP) is 5.04. The second kappa shape index (κ2) is 11.0. The minimum atomic E-state index is -0.723. The number of aromatic nitrogens is 1. The van der Waals surface area contributed by atoms with Crippen molar-refractivity contribution < 1.29 is 18.7 Å². The number of benzene rings is 2. The van der Waals surface area contributed by atoms with Crippen molar-refractivity contribution in [3.8, 4) is 0 Å².